The number of aliphatic carboxylic acids is 1. The average molecular weight is 437 g/mol. The Hall–Kier alpha value is -3.51. The van der Waals surface area contributed by atoms with Gasteiger partial charge in [-0.2, -0.15) is 0 Å². The van der Waals surface area contributed by atoms with Crippen molar-refractivity contribution < 1.29 is 34.2 Å². The van der Waals surface area contributed by atoms with E-state index in [1.807, 2.05) is 5.32 Å². The van der Waals surface area contributed by atoms with Crippen LogP contribution in [0, 0.1) is 0 Å². The number of carboxylic acids is 1. The van der Waals surface area contributed by atoms with Crippen LogP contribution >= 0.6 is 0 Å². The van der Waals surface area contributed by atoms with Gasteiger partial charge in [-0.25, -0.2) is 4.79 Å². The minimum atomic E-state index is -1.57. The number of primary amides is 1. The van der Waals surface area contributed by atoms with Gasteiger partial charge in [0.2, 0.25) is 23.6 Å². The maximum Gasteiger partial charge on any atom is 0.328 e. The van der Waals surface area contributed by atoms with Crippen LogP contribution in [-0.2, 0) is 30.4 Å². The van der Waals surface area contributed by atoms with Gasteiger partial charge in [0.15, 0.2) is 6.04 Å². The molecule has 1 aromatic rings. The molecule has 1 rings (SSSR count). The molecule has 0 radical (unpaired) electrons. The minimum absolute atomic E-state index is 0.190. The molecule has 0 aliphatic carbocycles. The number of hydrogen-bond donors (Lipinski definition) is 7. The predicted molar refractivity (Wildman–Crippen MR) is 108 cm³/mol. The highest BCUT2D eigenvalue weighted by Crippen LogP contribution is 2.03. The maximum atomic E-state index is 12.3. The molecule has 0 aliphatic rings. The van der Waals surface area contributed by atoms with Crippen molar-refractivity contribution >= 4 is 29.6 Å². The van der Waals surface area contributed by atoms with Crippen LogP contribution in [0.2, 0.25) is 0 Å². The molecule has 4 atom stereocenters. The van der Waals surface area contributed by atoms with E-state index in [0.717, 1.165) is 5.56 Å². The number of carboxylic acid groups (broad SMARTS) is 1. The van der Waals surface area contributed by atoms with Crippen LogP contribution in [0.25, 0.3) is 0 Å². The molecule has 0 spiro atoms. The molecule has 0 saturated heterocycles. The van der Waals surface area contributed by atoms with Crippen molar-refractivity contribution in [3.63, 3.8) is 0 Å². The number of nitrogens with one attached hydrogen (secondary N) is 3. The highest BCUT2D eigenvalue weighted by Gasteiger charge is 2.28. The summed E-state index contributed by atoms with van der Waals surface area (Å²) in [6.45, 7) is 0.519. The molecule has 0 aliphatic heterocycles. The minimum Gasteiger partial charge on any atom is -0.480 e. The van der Waals surface area contributed by atoms with Gasteiger partial charge in [-0.3, -0.25) is 19.2 Å². The van der Waals surface area contributed by atoms with E-state index < -0.39 is 66.8 Å². The second-order valence-corrected chi connectivity index (χ2v) is 6.87. The zero-order chi connectivity index (χ0) is 23.6. The smallest absolute Gasteiger partial charge is 0.328 e. The first-order valence-corrected chi connectivity index (χ1v) is 9.37. The lowest BCUT2D eigenvalue weighted by atomic mass is 10.1. The van der Waals surface area contributed by atoms with E-state index in [1.54, 1.807) is 30.3 Å². The zero-order valence-corrected chi connectivity index (χ0v) is 16.9. The Bertz CT molecular complexity index is 800. The largest absolute Gasteiger partial charge is 0.480 e. The number of aliphatic hydroxyl groups is 1. The molecule has 12 heteroatoms. The third-order valence-electron chi connectivity index (χ3n) is 4.16. The Kier molecular flexibility index (Phi) is 10.1. The summed E-state index contributed by atoms with van der Waals surface area (Å²) in [6.07, 6.45) is -1.72. The number of aliphatic hydroxyl groups excluding tert-OH is 1. The normalized spacial score (nSPS) is 14.4. The van der Waals surface area contributed by atoms with Crippen LogP contribution in [-0.4, -0.2) is 70.6 Å². The summed E-state index contributed by atoms with van der Waals surface area (Å²) in [5.74, 6) is -4.82. The van der Waals surface area contributed by atoms with Crippen molar-refractivity contribution in [2.75, 3.05) is 6.54 Å². The van der Waals surface area contributed by atoms with E-state index >= 15 is 0 Å². The first-order valence-electron chi connectivity index (χ1n) is 9.37. The molecule has 12 nitrogen and oxygen atoms in total. The van der Waals surface area contributed by atoms with Crippen LogP contribution in [0.1, 0.15) is 18.9 Å². The summed E-state index contributed by atoms with van der Waals surface area (Å²) in [4.78, 5) is 58.8. The molecule has 1 aromatic carbocycles. The Morgan fingerprint density at radius 2 is 1.65 bits per heavy atom. The number of amides is 4. The Morgan fingerprint density at radius 3 is 2.16 bits per heavy atom. The number of nitrogens with two attached hydrogens (primary N) is 2. The van der Waals surface area contributed by atoms with Crippen LogP contribution < -0.4 is 27.4 Å². The first kappa shape index (κ1) is 25.5. The van der Waals surface area contributed by atoms with Gasteiger partial charge in [0.1, 0.15) is 6.04 Å². The molecular formula is C19H27N5O7. The van der Waals surface area contributed by atoms with Crippen LogP contribution in [0.3, 0.4) is 0 Å². The fourth-order valence-electron chi connectivity index (χ4n) is 2.55. The highest BCUT2D eigenvalue weighted by molar-refractivity contribution is 5.95. The van der Waals surface area contributed by atoms with Gasteiger partial charge in [0.25, 0.3) is 0 Å². The standard InChI is InChI=1S/C19H27N5O7/c1-10(25)16(19(30)31)24-15(27)9-22-18(29)13(8-14(21)26)23-17(28)12(20)7-11-5-3-2-4-6-11/h2-6,10,12-13,16,25H,7-9,20H2,1H3,(H2,21,26)(H,22,29)(H,23,28)(H,24,27)(H,30,31). The molecule has 0 aromatic heterocycles. The SMILES string of the molecule is CC(O)C(NC(=O)CNC(=O)C(CC(N)=O)NC(=O)C(N)Cc1ccccc1)C(=O)O. The third-order valence-corrected chi connectivity index (χ3v) is 4.16. The number of hydrogen-bond acceptors (Lipinski definition) is 7. The lowest BCUT2D eigenvalue weighted by Gasteiger charge is -2.20. The lowest BCUT2D eigenvalue weighted by molar-refractivity contribution is -0.144. The van der Waals surface area contributed by atoms with Crippen LogP contribution in [0.5, 0.6) is 0 Å². The molecule has 31 heavy (non-hydrogen) atoms. The van der Waals surface area contributed by atoms with Gasteiger partial charge in [0.05, 0.1) is 25.1 Å². The monoisotopic (exact) mass is 437 g/mol. The summed E-state index contributed by atoms with van der Waals surface area (Å²) >= 11 is 0. The van der Waals surface area contributed by atoms with Gasteiger partial charge >= 0.3 is 5.97 Å². The number of rotatable bonds is 12. The first-order chi connectivity index (χ1) is 14.5. The Balaban J connectivity index is 2.67. The van der Waals surface area contributed by atoms with E-state index in [4.69, 9.17) is 16.6 Å². The Labute approximate surface area is 178 Å². The molecule has 0 bridgehead atoms. The van der Waals surface area contributed by atoms with Crippen molar-refractivity contribution in [3.05, 3.63) is 35.9 Å². The van der Waals surface area contributed by atoms with Gasteiger partial charge in [-0.1, -0.05) is 30.3 Å². The third kappa shape index (κ3) is 9.23. The molecule has 0 saturated carbocycles. The maximum absolute atomic E-state index is 12.3. The topological polar surface area (TPSA) is 214 Å². The van der Waals surface area contributed by atoms with E-state index in [0.29, 0.717) is 0 Å². The van der Waals surface area contributed by atoms with Crippen LogP contribution in [0.15, 0.2) is 30.3 Å². The summed E-state index contributed by atoms with van der Waals surface area (Å²) in [7, 11) is 0. The molecule has 4 unspecified atom stereocenters. The van der Waals surface area contributed by atoms with Crippen molar-refractivity contribution in [3.8, 4) is 0 Å². The zero-order valence-electron chi connectivity index (χ0n) is 16.9. The van der Waals surface area contributed by atoms with E-state index in [-0.39, 0.29) is 6.42 Å². The number of carbonyl (C=O) groups excluding carboxylic acids is 4. The van der Waals surface area contributed by atoms with Crippen molar-refractivity contribution in [1.29, 1.82) is 0 Å². The molecule has 0 fully saturated rings. The highest BCUT2D eigenvalue weighted by atomic mass is 16.4. The summed E-state index contributed by atoms with van der Waals surface area (Å²) < 4.78 is 0. The summed E-state index contributed by atoms with van der Waals surface area (Å²) in [5, 5.41) is 24.8. The van der Waals surface area contributed by atoms with Crippen molar-refractivity contribution in [2.24, 2.45) is 11.5 Å². The van der Waals surface area contributed by atoms with Gasteiger partial charge < -0.3 is 37.6 Å². The summed E-state index contributed by atoms with van der Waals surface area (Å²) in [6, 6.07) is 4.96. The second-order valence-electron chi connectivity index (χ2n) is 6.87. The Morgan fingerprint density at radius 1 is 1.03 bits per heavy atom. The quantitative estimate of drug-likeness (QED) is 0.178. The molecule has 0 heterocycles. The number of benzene rings is 1. The fourth-order valence-corrected chi connectivity index (χ4v) is 2.55. The molecule has 4 amide bonds. The predicted octanol–water partition coefficient (Wildman–Crippen LogP) is -3.02. The van der Waals surface area contributed by atoms with E-state index in [1.165, 1.54) is 6.92 Å². The van der Waals surface area contributed by atoms with Crippen molar-refractivity contribution in [1.82, 2.24) is 16.0 Å². The van der Waals surface area contributed by atoms with E-state index in [9.17, 15) is 29.1 Å². The fraction of sp³-hybridized carbons (Fsp3) is 0.421. The average Bonchev–Trinajstić information content (AvgIpc) is 2.69. The molecule has 170 valence electrons. The van der Waals surface area contributed by atoms with Gasteiger partial charge in [-0.05, 0) is 18.9 Å². The van der Waals surface area contributed by atoms with Crippen LogP contribution in [0.4, 0.5) is 0 Å². The van der Waals surface area contributed by atoms with Gasteiger partial charge in [0, 0.05) is 0 Å². The van der Waals surface area contributed by atoms with E-state index in [2.05, 4.69) is 10.6 Å². The van der Waals surface area contributed by atoms with Crippen molar-refractivity contribution in [2.45, 2.75) is 44.0 Å². The number of carbonyl (C=O) groups is 5. The van der Waals surface area contributed by atoms with Gasteiger partial charge in [-0.15, -0.1) is 0 Å². The second kappa shape index (κ2) is 12.2. The summed E-state index contributed by atoms with van der Waals surface area (Å²) in [5.41, 5.74) is 11.8. The molecule has 9 N–H and O–H groups in total. The lowest BCUT2D eigenvalue weighted by Crippen LogP contribution is -2.55. The molecular weight excluding hydrogens is 410 g/mol.